The van der Waals surface area contributed by atoms with E-state index in [1.165, 1.54) is 0 Å². The summed E-state index contributed by atoms with van der Waals surface area (Å²) >= 11 is 1.76. The minimum absolute atomic E-state index is 0.686. The first-order valence-electron chi connectivity index (χ1n) is 5.63. The first kappa shape index (κ1) is 13.2. The van der Waals surface area contributed by atoms with Crippen molar-refractivity contribution in [1.29, 1.82) is 0 Å². The maximum absolute atomic E-state index is 5.90. The number of hydrogen-bond donors (Lipinski definition) is 2. The number of rotatable bonds is 7. The van der Waals surface area contributed by atoms with Gasteiger partial charge in [0.1, 0.15) is 5.75 Å². The van der Waals surface area contributed by atoms with Gasteiger partial charge in [-0.25, -0.2) is 0 Å². The van der Waals surface area contributed by atoms with Crippen molar-refractivity contribution in [2.45, 2.75) is 18.7 Å². The van der Waals surface area contributed by atoms with E-state index in [1.807, 2.05) is 25.1 Å². The molecule has 1 aromatic rings. The average Bonchev–Trinajstić information content (AvgIpc) is 2.29. The van der Waals surface area contributed by atoms with Crippen LogP contribution in [-0.4, -0.2) is 25.4 Å². The molecule has 90 valence electrons. The maximum atomic E-state index is 5.90. The summed E-state index contributed by atoms with van der Waals surface area (Å²) in [5.74, 6) is 1.91. The molecule has 0 amide bonds. The lowest BCUT2D eigenvalue weighted by atomic mass is 10.3. The Bertz CT molecular complexity index is 318. The van der Waals surface area contributed by atoms with Gasteiger partial charge in [-0.2, -0.15) is 0 Å². The first-order chi connectivity index (χ1) is 7.77. The predicted molar refractivity (Wildman–Crippen MR) is 71.3 cm³/mol. The fourth-order valence-corrected chi connectivity index (χ4v) is 2.21. The third kappa shape index (κ3) is 4.33. The van der Waals surface area contributed by atoms with E-state index in [0.717, 1.165) is 35.2 Å². The zero-order valence-electron chi connectivity index (χ0n) is 9.95. The zero-order valence-corrected chi connectivity index (χ0v) is 10.8. The van der Waals surface area contributed by atoms with Crippen molar-refractivity contribution in [3.05, 3.63) is 18.2 Å². The van der Waals surface area contributed by atoms with Crippen LogP contribution < -0.4 is 15.8 Å². The molecule has 0 aromatic heterocycles. The summed E-state index contributed by atoms with van der Waals surface area (Å²) in [5.41, 5.74) is 6.73. The Hall–Kier alpha value is -0.870. The fourth-order valence-electron chi connectivity index (χ4n) is 1.31. The Labute approximate surface area is 102 Å². The summed E-state index contributed by atoms with van der Waals surface area (Å²) in [5, 5.41) is 3.28. The molecular formula is C12H20N2OS. The minimum Gasteiger partial charge on any atom is -0.494 e. The molecule has 0 aliphatic rings. The summed E-state index contributed by atoms with van der Waals surface area (Å²) in [6.07, 6.45) is 0. The predicted octanol–water partition coefficient (Wildman–Crippen LogP) is 2.37. The largest absolute Gasteiger partial charge is 0.494 e. The summed E-state index contributed by atoms with van der Waals surface area (Å²) in [4.78, 5) is 1.10. The summed E-state index contributed by atoms with van der Waals surface area (Å²) in [7, 11) is 0. The number of benzene rings is 1. The van der Waals surface area contributed by atoms with E-state index in [2.05, 4.69) is 12.2 Å². The molecule has 0 radical (unpaired) electrons. The van der Waals surface area contributed by atoms with E-state index in [1.54, 1.807) is 11.8 Å². The smallest absolute Gasteiger partial charge is 0.120 e. The van der Waals surface area contributed by atoms with E-state index in [0.29, 0.717) is 6.61 Å². The van der Waals surface area contributed by atoms with Gasteiger partial charge < -0.3 is 15.8 Å². The highest BCUT2D eigenvalue weighted by atomic mass is 32.2. The molecule has 0 bridgehead atoms. The molecule has 0 spiro atoms. The van der Waals surface area contributed by atoms with Gasteiger partial charge in [0.05, 0.1) is 6.61 Å². The number of hydrogen-bond acceptors (Lipinski definition) is 4. The van der Waals surface area contributed by atoms with E-state index in [9.17, 15) is 0 Å². The van der Waals surface area contributed by atoms with Gasteiger partial charge in [0.15, 0.2) is 0 Å². The Morgan fingerprint density at radius 2 is 2.19 bits per heavy atom. The topological polar surface area (TPSA) is 47.3 Å². The molecule has 0 aliphatic heterocycles. The molecule has 0 fully saturated rings. The SMILES string of the molecule is CCNCCSc1cc(OCC)ccc1N. The van der Waals surface area contributed by atoms with Gasteiger partial charge in [-0.05, 0) is 31.7 Å². The lowest BCUT2D eigenvalue weighted by Crippen LogP contribution is -2.15. The van der Waals surface area contributed by atoms with Gasteiger partial charge in [0.25, 0.3) is 0 Å². The quantitative estimate of drug-likeness (QED) is 0.436. The van der Waals surface area contributed by atoms with Crippen LogP contribution in [0, 0.1) is 0 Å². The molecule has 1 aromatic carbocycles. The molecule has 16 heavy (non-hydrogen) atoms. The second-order valence-electron chi connectivity index (χ2n) is 3.33. The summed E-state index contributed by atoms with van der Waals surface area (Å²) < 4.78 is 5.44. The van der Waals surface area contributed by atoms with Gasteiger partial charge in [-0.1, -0.05) is 6.92 Å². The standard InChI is InChI=1S/C12H20N2OS/c1-3-14-7-8-16-12-9-10(15-4-2)5-6-11(12)13/h5-6,9,14H,3-4,7-8,13H2,1-2H3. The molecule has 0 unspecified atom stereocenters. The van der Waals surface area contributed by atoms with Crippen LogP contribution in [0.5, 0.6) is 5.75 Å². The number of anilines is 1. The van der Waals surface area contributed by atoms with E-state index in [-0.39, 0.29) is 0 Å². The Kier molecular flexibility index (Phi) is 6.11. The maximum Gasteiger partial charge on any atom is 0.120 e. The van der Waals surface area contributed by atoms with Crippen LogP contribution in [-0.2, 0) is 0 Å². The fraction of sp³-hybridized carbons (Fsp3) is 0.500. The second-order valence-corrected chi connectivity index (χ2v) is 4.47. The van der Waals surface area contributed by atoms with Crippen molar-refractivity contribution in [2.24, 2.45) is 0 Å². The number of nitrogens with two attached hydrogens (primary N) is 1. The van der Waals surface area contributed by atoms with Crippen LogP contribution in [0.4, 0.5) is 5.69 Å². The summed E-state index contributed by atoms with van der Waals surface area (Å²) in [6.45, 7) is 6.78. The van der Waals surface area contributed by atoms with Crippen LogP contribution in [0.2, 0.25) is 0 Å². The van der Waals surface area contributed by atoms with Crippen LogP contribution in [0.3, 0.4) is 0 Å². The highest BCUT2D eigenvalue weighted by molar-refractivity contribution is 7.99. The van der Waals surface area contributed by atoms with Crippen LogP contribution in [0.25, 0.3) is 0 Å². The molecule has 4 heteroatoms. The first-order valence-corrected chi connectivity index (χ1v) is 6.62. The Balaban J connectivity index is 2.52. The normalized spacial score (nSPS) is 10.4. The van der Waals surface area contributed by atoms with Crippen molar-refractivity contribution < 1.29 is 4.74 Å². The number of nitrogen functional groups attached to an aromatic ring is 1. The molecule has 1 rings (SSSR count). The van der Waals surface area contributed by atoms with Gasteiger partial charge in [-0.3, -0.25) is 0 Å². The summed E-state index contributed by atoms with van der Waals surface area (Å²) in [6, 6.07) is 5.82. The highest BCUT2D eigenvalue weighted by Gasteiger charge is 2.02. The van der Waals surface area contributed by atoms with Crippen LogP contribution in [0.15, 0.2) is 23.1 Å². The van der Waals surface area contributed by atoms with Crippen molar-refractivity contribution in [3.63, 3.8) is 0 Å². The van der Waals surface area contributed by atoms with E-state index < -0.39 is 0 Å². The highest BCUT2D eigenvalue weighted by Crippen LogP contribution is 2.28. The monoisotopic (exact) mass is 240 g/mol. The van der Waals surface area contributed by atoms with Gasteiger partial charge in [0, 0.05) is 22.9 Å². The van der Waals surface area contributed by atoms with Gasteiger partial charge in [-0.15, -0.1) is 11.8 Å². The minimum atomic E-state index is 0.686. The number of ether oxygens (including phenoxy) is 1. The van der Waals surface area contributed by atoms with Crippen molar-refractivity contribution >= 4 is 17.4 Å². The van der Waals surface area contributed by atoms with E-state index in [4.69, 9.17) is 10.5 Å². The molecule has 3 N–H and O–H groups in total. The molecule has 0 heterocycles. The number of thioether (sulfide) groups is 1. The van der Waals surface area contributed by atoms with Crippen molar-refractivity contribution in [2.75, 3.05) is 31.2 Å². The lowest BCUT2D eigenvalue weighted by Gasteiger charge is -2.09. The van der Waals surface area contributed by atoms with Crippen molar-refractivity contribution in [3.8, 4) is 5.75 Å². The Morgan fingerprint density at radius 1 is 1.38 bits per heavy atom. The number of nitrogens with one attached hydrogen (secondary N) is 1. The average molecular weight is 240 g/mol. The van der Waals surface area contributed by atoms with E-state index >= 15 is 0 Å². The third-order valence-corrected chi connectivity index (χ3v) is 3.16. The lowest BCUT2D eigenvalue weighted by molar-refractivity contribution is 0.339. The van der Waals surface area contributed by atoms with Crippen LogP contribution in [0.1, 0.15) is 13.8 Å². The molecule has 0 atom stereocenters. The molecule has 0 aliphatic carbocycles. The van der Waals surface area contributed by atoms with Gasteiger partial charge >= 0.3 is 0 Å². The molecule has 0 saturated carbocycles. The third-order valence-electron chi connectivity index (χ3n) is 2.08. The van der Waals surface area contributed by atoms with Crippen molar-refractivity contribution in [1.82, 2.24) is 5.32 Å². The molecule has 0 saturated heterocycles. The second kappa shape index (κ2) is 7.41. The Morgan fingerprint density at radius 3 is 2.88 bits per heavy atom. The van der Waals surface area contributed by atoms with Crippen LogP contribution >= 0.6 is 11.8 Å². The molecule has 3 nitrogen and oxygen atoms in total. The zero-order chi connectivity index (χ0) is 11.8. The van der Waals surface area contributed by atoms with Gasteiger partial charge in [0.2, 0.25) is 0 Å². The molecular weight excluding hydrogens is 220 g/mol.